The Labute approximate surface area is 463 Å². The molecular weight excluding hydrogens is 1050 g/mol. The molecule has 6 aromatic carbocycles. The molecule has 2 aliphatic heterocycles. The molecule has 3 heterocycles. The quantitative estimate of drug-likeness (QED) is 0.0353. The van der Waals surface area contributed by atoms with Crippen LogP contribution in [0.2, 0.25) is 5.02 Å². The molecule has 1 amide bonds. The number of nitro benzene ring substituents is 2. The third-order valence-electron chi connectivity index (χ3n) is 13.4. The third-order valence-corrected chi connectivity index (χ3v) is 16.1. The number of nitro groups is 2. The number of nitrogens with one attached hydrogen (secondary N) is 2. The lowest BCUT2D eigenvalue weighted by atomic mass is 9.99. The molecule has 2 saturated heterocycles. The van der Waals surface area contributed by atoms with Gasteiger partial charge in [-0.2, -0.15) is 5.26 Å². The van der Waals surface area contributed by atoms with Crippen molar-refractivity contribution in [3.8, 4) is 17.2 Å². The predicted octanol–water partition coefficient (Wildman–Crippen LogP) is 9.38. The van der Waals surface area contributed by atoms with Gasteiger partial charge in [0.15, 0.2) is 11.6 Å². The van der Waals surface area contributed by atoms with Crippen LogP contribution in [0.15, 0.2) is 150 Å². The van der Waals surface area contributed by atoms with Gasteiger partial charge in [-0.05, 0) is 110 Å². The van der Waals surface area contributed by atoms with Crippen LogP contribution in [0.4, 0.5) is 39.0 Å². The molecule has 23 heteroatoms. The molecule has 0 unspecified atom stereocenters. The molecule has 2 aliphatic rings. The van der Waals surface area contributed by atoms with Crippen LogP contribution in [0.25, 0.3) is 22.0 Å². The molecule has 19 nitrogen and oxygen atoms in total. The molecule has 0 saturated carbocycles. The lowest BCUT2D eigenvalue weighted by Crippen LogP contribution is -2.48. The number of hydrogen-bond donors (Lipinski definition) is 2. The second-order valence-electron chi connectivity index (χ2n) is 18.8. The highest BCUT2D eigenvalue weighted by molar-refractivity contribution is 7.99. The number of nitriles is 1. The van der Waals surface area contributed by atoms with Gasteiger partial charge in [-0.1, -0.05) is 66.2 Å². The fourth-order valence-electron chi connectivity index (χ4n) is 9.13. The highest BCUT2D eigenvalue weighted by Gasteiger charge is 2.26. The molecule has 78 heavy (non-hydrogen) atoms. The van der Waals surface area contributed by atoms with E-state index < -0.39 is 25.7 Å². The molecule has 400 valence electrons. The van der Waals surface area contributed by atoms with E-state index in [1.165, 1.54) is 46.6 Å². The number of fused-ring (bicyclic) bond motifs is 1. The largest absolute Gasteiger partial charge is 0.376 e. The fraction of sp³-hybridized carbons (Fsp3) is 0.273. The molecule has 2 N–H and O–H groups in total. The van der Waals surface area contributed by atoms with Gasteiger partial charge in [0.2, 0.25) is 7.85 Å². The zero-order valence-corrected chi connectivity index (χ0v) is 45.3. The lowest BCUT2D eigenvalue weighted by Gasteiger charge is -2.36. The van der Waals surface area contributed by atoms with Crippen molar-refractivity contribution in [2.75, 3.05) is 98.6 Å². The number of hydrogen-bond acceptors (Lipinski definition) is 16. The summed E-state index contributed by atoms with van der Waals surface area (Å²) in [5.41, 5.74) is 5.57. The smallest absolute Gasteiger partial charge is 0.293 e. The normalized spacial score (nSPS) is 14.3. The van der Waals surface area contributed by atoms with Crippen LogP contribution in [0.3, 0.4) is 0 Å². The van der Waals surface area contributed by atoms with Gasteiger partial charge in [0.1, 0.15) is 23.6 Å². The van der Waals surface area contributed by atoms with E-state index in [4.69, 9.17) is 24.7 Å². The van der Waals surface area contributed by atoms with Crippen LogP contribution in [-0.4, -0.2) is 141 Å². The first kappa shape index (κ1) is 56.4. The average Bonchev–Trinajstić information content (AvgIpc) is 3.47. The van der Waals surface area contributed by atoms with Gasteiger partial charge < -0.3 is 24.9 Å². The number of carbonyl (C=O) groups is 1. The number of anilines is 4. The summed E-state index contributed by atoms with van der Waals surface area (Å²) in [6.45, 7) is 7.00. The highest BCUT2D eigenvalue weighted by Crippen LogP contribution is 2.33. The summed E-state index contributed by atoms with van der Waals surface area (Å²) in [7, 11) is 4.89. The Kier molecular flexibility index (Phi) is 18.8. The minimum absolute atomic E-state index is 0.0366. The van der Waals surface area contributed by atoms with Gasteiger partial charge >= 0.3 is 0 Å². The van der Waals surface area contributed by atoms with Crippen LogP contribution in [0.1, 0.15) is 17.5 Å². The average molecular weight is 1110 g/mol. The van der Waals surface area contributed by atoms with E-state index in [2.05, 4.69) is 71.1 Å². The van der Waals surface area contributed by atoms with E-state index in [9.17, 15) is 33.4 Å². The SMILES string of the molecule is CN(C)CC[C@H](CSc1ccccc1)Nc1ccc(S(=O)(=O)Nc2ncnc3cc(N4CCN(Cc5ccccc5-c5ccc(Cl)cc5)CC4)ccc23)cc1[N+](=O)[O-].[B]C(=O)N1CCN(c2ccc(C#N)c([N+](=O)[O-])c2)CC1. The summed E-state index contributed by atoms with van der Waals surface area (Å²) in [5, 5.41) is 36.6. The molecule has 1 aromatic heterocycles. The van der Waals surface area contributed by atoms with Crippen molar-refractivity contribution in [3.63, 3.8) is 0 Å². The maximum Gasteiger partial charge on any atom is 0.293 e. The molecule has 9 rings (SSSR count). The number of sulfonamides is 1. The molecule has 2 fully saturated rings. The molecule has 1 atom stereocenters. The molecule has 7 aromatic rings. The molecular formula is C55H56BClN12O7S2. The van der Waals surface area contributed by atoms with Gasteiger partial charge in [0, 0.05) is 110 Å². The summed E-state index contributed by atoms with van der Waals surface area (Å²) in [6.07, 6.45) is 2.04. The topological polar surface area (TPSA) is 227 Å². The van der Waals surface area contributed by atoms with E-state index in [1.807, 2.05) is 79.7 Å². The summed E-state index contributed by atoms with van der Waals surface area (Å²) < 4.78 is 30.0. The van der Waals surface area contributed by atoms with Crippen molar-refractivity contribution in [2.24, 2.45) is 0 Å². The first-order valence-electron chi connectivity index (χ1n) is 25.0. The Morgan fingerprint density at radius 3 is 2.13 bits per heavy atom. The number of piperazine rings is 2. The van der Waals surface area contributed by atoms with Crippen molar-refractivity contribution in [2.45, 2.75) is 28.8 Å². The van der Waals surface area contributed by atoms with Crippen LogP contribution < -0.4 is 19.8 Å². The number of aromatic nitrogens is 2. The number of benzene rings is 6. The monoisotopic (exact) mass is 1110 g/mol. The Morgan fingerprint density at radius 2 is 1.46 bits per heavy atom. The van der Waals surface area contributed by atoms with Crippen molar-refractivity contribution < 1.29 is 23.1 Å². The number of rotatable bonds is 18. The van der Waals surface area contributed by atoms with Crippen molar-refractivity contribution in [1.82, 2.24) is 24.7 Å². The second kappa shape index (κ2) is 26.0. The van der Waals surface area contributed by atoms with Gasteiger partial charge in [-0.3, -0.25) is 34.6 Å². The zero-order chi connectivity index (χ0) is 55.3. The standard InChI is InChI=1S/C43H45ClN8O4S2.C12H11BN4O3/c1-49(2)21-20-34(29-57-36-9-4-3-5-10-36)47-40-19-17-37(27-42(40)52(53)54)58(55,56)48-43-39-18-16-35(26-41(39)45-30-46-43)51-24-22-50(23-25-51)28-32-8-6-7-11-38(32)31-12-14-33(44)15-13-31;13-12(18)16-5-3-15(4-6-16)10-2-1-9(8-14)11(7-10)17(19)20/h3-19,26-27,30,34,47H,20-25,28-29H2,1-2H3,(H,45,46,48);1-2,7H,3-6H2/t34-;/m1./s1. The van der Waals surface area contributed by atoms with Crippen molar-refractivity contribution >= 4 is 92.2 Å². The van der Waals surface area contributed by atoms with E-state index in [0.717, 1.165) is 67.9 Å². The Balaban J connectivity index is 0.000000336. The van der Waals surface area contributed by atoms with Crippen LogP contribution in [-0.2, 0) is 16.6 Å². The number of nitrogens with zero attached hydrogens (tertiary/aromatic N) is 10. The number of thioether (sulfide) groups is 1. The minimum Gasteiger partial charge on any atom is -0.376 e. The molecule has 0 bridgehead atoms. The van der Waals surface area contributed by atoms with Crippen LogP contribution in [0, 0.1) is 31.6 Å². The Bertz CT molecular complexity index is 3420. The summed E-state index contributed by atoms with van der Waals surface area (Å²) in [4.78, 5) is 52.9. The van der Waals surface area contributed by atoms with Crippen LogP contribution in [0.5, 0.6) is 0 Å². The van der Waals surface area contributed by atoms with Gasteiger partial charge in [0.05, 0.1) is 20.3 Å². The summed E-state index contributed by atoms with van der Waals surface area (Å²) in [5.74, 6) is 0.290. The van der Waals surface area contributed by atoms with E-state index in [-0.39, 0.29) is 39.4 Å². The molecule has 2 radical (unpaired) electrons. The second-order valence-corrected chi connectivity index (χ2v) is 22.0. The summed E-state index contributed by atoms with van der Waals surface area (Å²) in [6, 6.07) is 42.2. The minimum atomic E-state index is -4.26. The Morgan fingerprint density at radius 1 is 0.808 bits per heavy atom. The van der Waals surface area contributed by atoms with Crippen molar-refractivity contribution in [3.05, 3.63) is 176 Å². The first-order chi connectivity index (χ1) is 37.5. The maximum absolute atomic E-state index is 13.7. The fourth-order valence-corrected chi connectivity index (χ4v) is 11.3. The molecule has 0 spiro atoms. The van der Waals surface area contributed by atoms with E-state index in [1.54, 1.807) is 23.9 Å². The molecule has 0 aliphatic carbocycles. The zero-order valence-electron chi connectivity index (χ0n) is 42.9. The maximum atomic E-state index is 13.7. The van der Waals surface area contributed by atoms with E-state index in [0.29, 0.717) is 53.5 Å². The number of amides is 1. The van der Waals surface area contributed by atoms with Gasteiger partial charge in [0.25, 0.3) is 21.4 Å². The van der Waals surface area contributed by atoms with Crippen LogP contribution >= 0.6 is 23.4 Å². The van der Waals surface area contributed by atoms with Gasteiger partial charge in [-0.15, -0.1) is 11.8 Å². The third kappa shape index (κ3) is 14.6. The lowest BCUT2D eigenvalue weighted by molar-refractivity contribution is -0.385. The summed E-state index contributed by atoms with van der Waals surface area (Å²) >= 11 is 7.80. The highest BCUT2D eigenvalue weighted by atomic mass is 35.5. The first-order valence-corrected chi connectivity index (χ1v) is 27.8. The predicted molar refractivity (Wildman–Crippen MR) is 308 cm³/mol. The number of carbonyl (C=O) groups excluding carboxylic acids is 1. The van der Waals surface area contributed by atoms with E-state index >= 15 is 0 Å². The van der Waals surface area contributed by atoms with Crippen molar-refractivity contribution in [1.29, 1.82) is 5.26 Å². The number of halogens is 1. The van der Waals surface area contributed by atoms with Gasteiger partial charge in [-0.25, -0.2) is 18.4 Å². The Hall–Kier alpha value is -7.81.